The smallest absolute Gasteiger partial charge is 0.375 e. The molecule has 2 aromatic rings. The zero-order chi connectivity index (χ0) is 30.8. The number of allylic oxidation sites excluding steroid dienone is 6. The first kappa shape index (κ1) is 32.8. The molecule has 1 aliphatic rings. The molecule has 2 nitrogen and oxygen atoms in total. The molecule has 1 aromatic carbocycles. The largest absolute Gasteiger partial charge is 0.417 e. The zero-order valence-electron chi connectivity index (χ0n) is 25.3. The summed E-state index contributed by atoms with van der Waals surface area (Å²) in [5.41, 5.74) is -0.834. The van der Waals surface area contributed by atoms with Crippen LogP contribution in [0.15, 0.2) is 40.9 Å². The Morgan fingerprint density at radius 2 is 1.73 bits per heavy atom. The molecule has 1 aliphatic carbocycles. The topological polar surface area (TPSA) is 27.0 Å². The highest BCUT2D eigenvalue weighted by atomic mass is 32.1. The Hall–Kier alpha value is -2.66. The van der Waals surface area contributed by atoms with Crippen molar-refractivity contribution in [1.82, 2.24) is 4.90 Å². The molecule has 0 amide bonds. The van der Waals surface area contributed by atoms with E-state index < -0.39 is 29.0 Å². The quantitative estimate of drug-likeness (QED) is 0.257. The van der Waals surface area contributed by atoms with Crippen LogP contribution < -0.4 is 0 Å². The molecule has 3 atom stereocenters. The minimum atomic E-state index is -4.87. The van der Waals surface area contributed by atoms with Crippen molar-refractivity contribution >= 4 is 27.0 Å². The highest BCUT2D eigenvalue weighted by Crippen LogP contribution is 2.49. The Balaban J connectivity index is 2.21. The molecule has 3 rings (SSSR count). The lowest BCUT2D eigenvalue weighted by Gasteiger charge is -2.36. The minimum Gasteiger partial charge on any atom is -0.375 e. The van der Waals surface area contributed by atoms with Gasteiger partial charge in [-0.25, -0.2) is 8.78 Å². The van der Waals surface area contributed by atoms with Crippen molar-refractivity contribution in [2.45, 2.75) is 98.7 Å². The SMILES string of the molecule is CCC(C)CCC(C(C)C)N(C)/C(C)=C1\C=C(C(F)(F)F)C(c2ccc(F)c3sc(C(C)CC)c(C#N)c23)=C(F)C1. The molecule has 0 radical (unpaired) electrons. The van der Waals surface area contributed by atoms with E-state index in [0.717, 1.165) is 42.7 Å². The molecule has 0 aliphatic heterocycles. The molecule has 0 saturated heterocycles. The van der Waals surface area contributed by atoms with Crippen LogP contribution in [0.3, 0.4) is 0 Å². The van der Waals surface area contributed by atoms with E-state index in [1.807, 2.05) is 25.8 Å². The lowest BCUT2D eigenvalue weighted by atomic mass is 9.85. The van der Waals surface area contributed by atoms with Gasteiger partial charge < -0.3 is 4.90 Å². The molecular formula is C33H41F5N2S. The third-order valence-electron chi connectivity index (χ3n) is 8.68. The number of hydrogen-bond acceptors (Lipinski definition) is 3. The van der Waals surface area contributed by atoms with Crippen molar-refractivity contribution in [2.75, 3.05) is 7.05 Å². The van der Waals surface area contributed by atoms with Crippen LogP contribution in [0.25, 0.3) is 15.7 Å². The van der Waals surface area contributed by atoms with Crippen LogP contribution in [0.4, 0.5) is 22.0 Å². The van der Waals surface area contributed by atoms with Crippen molar-refractivity contribution < 1.29 is 22.0 Å². The molecular weight excluding hydrogens is 551 g/mol. The van der Waals surface area contributed by atoms with Crippen molar-refractivity contribution in [3.63, 3.8) is 0 Å². The first-order chi connectivity index (χ1) is 19.2. The van der Waals surface area contributed by atoms with E-state index in [1.165, 1.54) is 6.07 Å². The van der Waals surface area contributed by atoms with Crippen LogP contribution in [0.1, 0.15) is 102 Å². The third kappa shape index (κ3) is 6.71. The van der Waals surface area contributed by atoms with Crippen molar-refractivity contribution in [1.29, 1.82) is 5.26 Å². The van der Waals surface area contributed by atoms with E-state index in [9.17, 15) is 22.8 Å². The lowest BCUT2D eigenvalue weighted by Crippen LogP contribution is -2.35. The predicted molar refractivity (Wildman–Crippen MR) is 160 cm³/mol. The van der Waals surface area contributed by atoms with Gasteiger partial charge in [0.25, 0.3) is 0 Å². The summed E-state index contributed by atoms with van der Waals surface area (Å²) in [5.74, 6) is -0.879. The Morgan fingerprint density at radius 1 is 1.07 bits per heavy atom. The number of fused-ring (bicyclic) bond motifs is 1. The van der Waals surface area contributed by atoms with Gasteiger partial charge in [0.1, 0.15) is 17.7 Å². The highest BCUT2D eigenvalue weighted by molar-refractivity contribution is 7.19. The van der Waals surface area contributed by atoms with E-state index in [4.69, 9.17) is 0 Å². The number of hydrogen-bond donors (Lipinski definition) is 0. The first-order valence-corrected chi connectivity index (χ1v) is 15.2. The summed E-state index contributed by atoms with van der Waals surface area (Å²) in [4.78, 5) is 2.59. The van der Waals surface area contributed by atoms with Gasteiger partial charge in [0, 0.05) is 41.0 Å². The molecule has 0 N–H and O–H groups in total. The summed E-state index contributed by atoms with van der Waals surface area (Å²) < 4.78 is 75.0. The molecule has 0 saturated carbocycles. The number of nitriles is 1. The summed E-state index contributed by atoms with van der Waals surface area (Å²) >= 11 is 1.06. The van der Waals surface area contributed by atoms with Crippen LogP contribution in [0, 0.1) is 29.0 Å². The Kier molecular flexibility index (Phi) is 10.5. The van der Waals surface area contributed by atoms with Gasteiger partial charge in [-0.05, 0) is 67.2 Å². The second kappa shape index (κ2) is 13.1. The number of halogens is 5. The van der Waals surface area contributed by atoms with Crippen LogP contribution in [-0.4, -0.2) is 24.2 Å². The molecule has 8 heteroatoms. The molecule has 41 heavy (non-hydrogen) atoms. The minimum absolute atomic E-state index is 0.0549. The number of alkyl halides is 3. The fourth-order valence-corrected chi connectivity index (χ4v) is 6.91. The van der Waals surface area contributed by atoms with Gasteiger partial charge in [0.05, 0.1) is 15.8 Å². The van der Waals surface area contributed by atoms with Gasteiger partial charge in [0.2, 0.25) is 0 Å². The average Bonchev–Trinajstić information content (AvgIpc) is 3.32. The average molecular weight is 593 g/mol. The van der Waals surface area contributed by atoms with Crippen molar-refractivity contribution in [3.8, 4) is 6.07 Å². The third-order valence-corrected chi connectivity index (χ3v) is 10.1. The normalized spacial score (nSPS) is 17.9. The van der Waals surface area contributed by atoms with Crippen LogP contribution in [-0.2, 0) is 0 Å². The summed E-state index contributed by atoms with van der Waals surface area (Å²) in [5, 5.41) is 10.1. The van der Waals surface area contributed by atoms with Gasteiger partial charge >= 0.3 is 6.18 Å². The fourth-order valence-electron chi connectivity index (χ4n) is 5.60. The van der Waals surface area contributed by atoms with Gasteiger partial charge in [-0.1, -0.05) is 54.0 Å². The van der Waals surface area contributed by atoms with E-state index in [1.54, 1.807) is 6.92 Å². The second-order valence-corrected chi connectivity index (χ2v) is 12.7. The lowest BCUT2D eigenvalue weighted by molar-refractivity contribution is -0.0874. The maximum atomic E-state index is 16.1. The number of rotatable bonds is 10. The highest BCUT2D eigenvalue weighted by Gasteiger charge is 2.41. The number of nitrogens with zero attached hydrogens (tertiary/aromatic N) is 2. The van der Waals surface area contributed by atoms with Crippen molar-refractivity contribution in [3.05, 3.63) is 62.7 Å². The number of thiophene rings is 1. The van der Waals surface area contributed by atoms with Crippen LogP contribution >= 0.6 is 11.3 Å². The maximum Gasteiger partial charge on any atom is 0.417 e. The maximum absolute atomic E-state index is 16.1. The Labute approximate surface area is 245 Å². The Morgan fingerprint density at radius 3 is 2.27 bits per heavy atom. The molecule has 3 unspecified atom stereocenters. The number of benzene rings is 1. The van der Waals surface area contributed by atoms with Crippen LogP contribution in [0.5, 0.6) is 0 Å². The summed E-state index contributed by atoms with van der Waals surface area (Å²) in [6.45, 7) is 14.1. The zero-order valence-corrected chi connectivity index (χ0v) is 26.1. The predicted octanol–water partition coefficient (Wildman–Crippen LogP) is 11.1. The summed E-state index contributed by atoms with van der Waals surface area (Å²) in [6, 6.07) is 4.42. The molecule has 0 bridgehead atoms. The standard InChI is InChI=1S/C33H41F5N2S/c1-9-19(5)11-14-28(18(3)4)40(8)21(7)22-15-25(33(36,37)38)30(27(35)16-22)23-12-13-26(34)32-29(23)24(17-39)31(41-32)20(6)10-2/h12-13,15,18-20,28H,9-11,14,16H2,1-8H3/b22-21+. The van der Waals surface area contributed by atoms with Gasteiger partial charge in [-0.15, -0.1) is 11.3 Å². The van der Waals surface area contributed by atoms with E-state index in [-0.39, 0.29) is 51.1 Å². The summed E-state index contributed by atoms with van der Waals surface area (Å²) in [7, 11) is 1.87. The van der Waals surface area contributed by atoms with Gasteiger partial charge in [0.15, 0.2) is 0 Å². The monoisotopic (exact) mass is 592 g/mol. The fraction of sp³-hybridized carbons (Fsp3) is 0.545. The van der Waals surface area contributed by atoms with Gasteiger partial charge in [-0.3, -0.25) is 0 Å². The van der Waals surface area contributed by atoms with Crippen LogP contribution in [0.2, 0.25) is 0 Å². The second-order valence-electron chi connectivity index (χ2n) is 11.7. The molecule has 0 spiro atoms. The first-order valence-electron chi connectivity index (χ1n) is 14.4. The molecule has 0 fully saturated rings. The van der Waals surface area contributed by atoms with E-state index in [2.05, 4.69) is 33.8 Å². The summed E-state index contributed by atoms with van der Waals surface area (Å²) in [6.07, 6.45) is -0.543. The van der Waals surface area contributed by atoms with E-state index >= 15 is 4.39 Å². The van der Waals surface area contributed by atoms with E-state index in [0.29, 0.717) is 22.9 Å². The Bertz CT molecular complexity index is 1400. The van der Waals surface area contributed by atoms with Gasteiger partial charge in [-0.2, -0.15) is 18.4 Å². The molecule has 224 valence electrons. The molecule has 1 aromatic heterocycles. The molecule has 1 heterocycles. The van der Waals surface area contributed by atoms with Crippen molar-refractivity contribution in [2.24, 2.45) is 11.8 Å².